The molecule has 3 aromatic heterocycles. The number of aromatic nitrogens is 5. The van der Waals surface area contributed by atoms with Gasteiger partial charge in [0.05, 0.1) is 0 Å². The molecule has 3 aromatic rings. The number of carbonyl (C=O) groups is 1. The summed E-state index contributed by atoms with van der Waals surface area (Å²) in [5.41, 5.74) is 0.352. The number of carbonyl (C=O) groups excluding carboxylic acids is 1. The molecule has 28 heavy (non-hydrogen) atoms. The van der Waals surface area contributed by atoms with Crippen molar-refractivity contribution in [3.8, 4) is 0 Å². The van der Waals surface area contributed by atoms with E-state index >= 15 is 0 Å². The number of hydrogen-bond donors (Lipinski definition) is 0. The van der Waals surface area contributed by atoms with Crippen LogP contribution in [0.3, 0.4) is 0 Å². The lowest BCUT2D eigenvalue weighted by Crippen LogP contribution is -2.39. The van der Waals surface area contributed by atoms with E-state index in [1.165, 1.54) is 23.7 Å². The molecular weight excluding hydrogens is 359 g/mol. The van der Waals surface area contributed by atoms with Crippen molar-refractivity contribution < 1.29 is 9.18 Å². The van der Waals surface area contributed by atoms with E-state index in [0.717, 1.165) is 37.5 Å². The molecule has 2 aliphatic heterocycles. The van der Waals surface area contributed by atoms with Gasteiger partial charge in [-0.05, 0) is 37.8 Å². The lowest BCUT2D eigenvalue weighted by Gasteiger charge is -2.31. The van der Waals surface area contributed by atoms with Crippen LogP contribution in [-0.4, -0.2) is 48.0 Å². The van der Waals surface area contributed by atoms with Crippen LogP contribution < -0.4 is 0 Å². The lowest BCUT2D eigenvalue weighted by atomic mass is 9.95. The molecule has 0 radical (unpaired) electrons. The Morgan fingerprint density at radius 3 is 2.75 bits per heavy atom. The molecule has 8 heteroatoms. The average molecular weight is 382 g/mol. The minimum absolute atomic E-state index is 0.0963. The van der Waals surface area contributed by atoms with Gasteiger partial charge >= 0.3 is 0 Å². The fraction of sp³-hybridized carbons (Fsp3) is 0.500. The summed E-state index contributed by atoms with van der Waals surface area (Å²) in [6.07, 6.45) is 7.80. The maximum absolute atomic E-state index is 14.6. The summed E-state index contributed by atoms with van der Waals surface area (Å²) in [5.74, 6) is 1.53. The van der Waals surface area contributed by atoms with Gasteiger partial charge < -0.3 is 9.47 Å². The van der Waals surface area contributed by atoms with Crippen LogP contribution in [0.5, 0.6) is 0 Å². The fourth-order valence-electron chi connectivity index (χ4n) is 4.40. The van der Waals surface area contributed by atoms with E-state index in [-0.39, 0.29) is 11.6 Å². The van der Waals surface area contributed by atoms with Gasteiger partial charge in [-0.2, -0.15) is 4.39 Å². The first kappa shape index (κ1) is 17.3. The Kier molecular flexibility index (Phi) is 4.33. The zero-order valence-electron chi connectivity index (χ0n) is 15.7. The third-order valence-electron chi connectivity index (χ3n) is 5.96. The van der Waals surface area contributed by atoms with Gasteiger partial charge in [-0.3, -0.25) is 9.20 Å². The minimum Gasteiger partial charge on any atom is -0.337 e. The van der Waals surface area contributed by atoms with E-state index in [4.69, 9.17) is 0 Å². The molecule has 0 bridgehead atoms. The molecule has 0 aromatic carbocycles. The standard InChI is InChI=1S/C20H23FN6O/c21-18-17(22-15-6-3-5-10-26(15)18)20(28)25-12-8-14(9-13-25)19-24-23-16-7-2-1-4-11-27(16)19/h3,5-6,10,14H,1-2,4,7-9,11-13H2. The van der Waals surface area contributed by atoms with Crippen LogP contribution in [0.15, 0.2) is 24.4 Å². The zero-order chi connectivity index (χ0) is 19.1. The molecule has 0 N–H and O–H groups in total. The van der Waals surface area contributed by atoms with Crippen molar-refractivity contribution in [3.63, 3.8) is 0 Å². The molecule has 1 fully saturated rings. The normalized spacial score (nSPS) is 18.2. The number of hydrogen-bond acceptors (Lipinski definition) is 4. The highest BCUT2D eigenvalue weighted by Gasteiger charge is 2.31. The maximum atomic E-state index is 14.6. The Morgan fingerprint density at radius 2 is 1.93 bits per heavy atom. The number of halogens is 1. The Balaban J connectivity index is 1.31. The highest BCUT2D eigenvalue weighted by Crippen LogP contribution is 2.29. The number of imidazole rings is 1. The predicted octanol–water partition coefficient (Wildman–Crippen LogP) is 2.81. The number of nitrogens with zero attached hydrogens (tertiary/aromatic N) is 6. The van der Waals surface area contributed by atoms with Gasteiger partial charge in [-0.25, -0.2) is 4.98 Å². The first-order valence-corrected chi connectivity index (χ1v) is 10.1. The Bertz CT molecular complexity index is 1020. The van der Waals surface area contributed by atoms with Crippen LogP contribution in [0.1, 0.15) is 60.2 Å². The maximum Gasteiger partial charge on any atom is 0.277 e. The quantitative estimate of drug-likeness (QED) is 0.684. The molecule has 0 unspecified atom stereocenters. The largest absolute Gasteiger partial charge is 0.337 e. The number of rotatable bonds is 2. The molecule has 0 aliphatic carbocycles. The van der Waals surface area contributed by atoms with Gasteiger partial charge in [0.15, 0.2) is 5.69 Å². The Labute approximate surface area is 162 Å². The topological polar surface area (TPSA) is 68.3 Å². The second kappa shape index (κ2) is 7.00. The second-order valence-electron chi connectivity index (χ2n) is 7.68. The summed E-state index contributed by atoms with van der Waals surface area (Å²) < 4.78 is 18.2. The van der Waals surface area contributed by atoms with E-state index in [1.807, 2.05) is 0 Å². The molecule has 7 nitrogen and oxygen atoms in total. The fourth-order valence-corrected chi connectivity index (χ4v) is 4.40. The van der Waals surface area contributed by atoms with Gasteiger partial charge in [0.2, 0.25) is 5.95 Å². The second-order valence-corrected chi connectivity index (χ2v) is 7.68. The third kappa shape index (κ3) is 2.87. The van der Waals surface area contributed by atoms with Crippen molar-refractivity contribution in [3.05, 3.63) is 47.7 Å². The summed E-state index contributed by atoms with van der Waals surface area (Å²) in [4.78, 5) is 18.7. The van der Waals surface area contributed by atoms with Gasteiger partial charge in [0.25, 0.3) is 5.91 Å². The van der Waals surface area contributed by atoms with Crippen LogP contribution in [0, 0.1) is 5.95 Å². The highest BCUT2D eigenvalue weighted by atomic mass is 19.1. The van der Waals surface area contributed by atoms with Gasteiger partial charge in [-0.1, -0.05) is 12.5 Å². The smallest absolute Gasteiger partial charge is 0.277 e. The molecule has 5 rings (SSSR count). The monoisotopic (exact) mass is 382 g/mol. The SMILES string of the molecule is O=C(c1nc2ccccn2c1F)N1CCC(c2nnc3n2CCCCC3)CC1. The molecule has 0 atom stereocenters. The van der Waals surface area contributed by atoms with Crippen molar-refractivity contribution in [2.75, 3.05) is 13.1 Å². The highest BCUT2D eigenvalue weighted by molar-refractivity contribution is 5.93. The van der Waals surface area contributed by atoms with Gasteiger partial charge in [0, 0.05) is 38.2 Å². The summed E-state index contributed by atoms with van der Waals surface area (Å²) in [6.45, 7) is 2.15. The molecule has 146 valence electrons. The van der Waals surface area contributed by atoms with Crippen LogP contribution in [0.25, 0.3) is 5.65 Å². The molecule has 0 spiro atoms. The van der Waals surface area contributed by atoms with Crippen molar-refractivity contribution in [1.82, 2.24) is 29.0 Å². The lowest BCUT2D eigenvalue weighted by molar-refractivity contribution is 0.0699. The third-order valence-corrected chi connectivity index (χ3v) is 5.96. The molecule has 2 aliphatic rings. The number of pyridine rings is 1. The van der Waals surface area contributed by atoms with E-state index in [2.05, 4.69) is 19.7 Å². The molecular formula is C20H23FN6O. The van der Waals surface area contributed by atoms with Crippen molar-refractivity contribution in [2.24, 2.45) is 0 Å². The van der Waals surface area contributed by atoms with Gasteiger partial charge in [-0.15, -0.1) is 10.2 Å². The predicted molar refractivity (Wildman–Crippen MR) is 101 cm³/mol. The average Bonchev–Trinajstić information content (AvgIpc) is 3.20. The summed E-state index contributed by atoms with van der Waals surface area (Å²) >= 11 is 0. The number of likely N-dealkylation sites (tertiary alicyclic amines) is 1. The first-order valence-electron chi connectivity index (χ1n) is 10.1. The van der Waals surface area contributed by atoms with Crippen LogP contribution in [0.2, 0.25) is 0 Å². The molecule has 5 heterocycles. The molecule has 1 saturated heterocycles. The van der Waals surface area contributed by atoms with E-state index in [1.54, 1.807) is 29.3 Å². The van der Waals surface area contributed by atoms with E-state index in [0.29, 0.717) is 24.7 Å². The van der Waals surface area contributed by atoms with Crippen LogP contribution in [0.4, 0.5) is 4.39 Å². The zero-order valence-corrected chi connectivity index (χ0v) is 15.7. The summed E-state index contributed by atoms with van der Waals surface area (Å²) in [5, 5.41) is 8.87. The number of amides is 1. The van der Waals surface area contributed by atoms with Crippen LogP contribution >= 0.6 is 0 Å². The van der Waals surface area contributed by atoms with E-state index < -0.39 is 5.95 Å². The van der Waals surface area contributed by atoms with Crippen molar-refractivity contribution in [2.45, 2.75) is 51.0 Å². The van der Waals surface area contributed by atoms with Crippen molar-refractivity contribution >= 4 is 11.6 Å². The minimum atomic E-state index is -0.592. The Hall–Kier alpha value is -2.77. The first-order chi connectivity index (χ1) is 13.7. The van der Waals surface area contributed by atoms with Gasteiger partial charge in [0.1, 0.15) is 17.3 Å². The van der Waals surface area contributed by atoms with Crippen molar-refractivity contribution in [1.29, 1.82) is 0 Å². The van der Waals surface area contributed by atoms with Crippen LogP contribution in [-0.2, 0) is 13.0 Å². The molecule has 1 amide bonds. The number of fused-ring (bicyclic) bond motifs is 2. The number of aryl methyl sites for hydroxylation is 1. The van der Waals surface area contributed by atoms with E-state index in [9.17, 15) is 9.18 Å². The Morgan fingerprint density at radius 1 is 1.07 bits per heavy atom. The summed E-state index contributed by atoms with van der Waals surface area (Å²) in [6, 6.07) is 5.20. The number of piperidine rings is 1. The summed E-state index contributed by atoms with van der Waals surface area (Å²) in [7, 11) is 0. The molecule has 0 saturated carbocycles.